The lowest BCUT2D eigenvalue weighted by atomic mass is 9.95. The van der Waals surface area contributed by atoms with E-state index in [9.17, 15) is 0 Å². The third-order valence-corrected chi connectivity index (χ3v) is 3.32. The number of benzene rings is 1. The number of hydrogen-bond donors (Lipinski definition) is 2. The Hall–Kier alpha value is -1.81. The standard InChI is InChI=1S/C15H21N3O/c1-9-7-10(2)14(13(8-9)19-4)15-11(3)17-18-12(15)5-6-16/h7-8H,5-6,16H2,1-4H3,(H,17,18). The Morgan fingerprint density at radius 3 is 2.58 bits per heavy atom. The van der Waals surface area contributed by atoms with Crippen LogP contribution in [0.2, 0.25) is 0 Å². The van der Waals surface area contributed by atoms with E-state index in [0.29, 0.717) is 6.54 Å². The van der Waals surface area contributed by atoms with Gasteiger partial charge in [-0.2, -0.15) is 5.10 Å². The predicted octanol–water partition coefficient (Wildman–Crippen LogP) is 2.51. The van der Waals surface area contributed by atoms with Crippen LogP contribution < -0.4 is 10.5 Å². The zero-order valence-corrected chi connectivity index (χ0v) is 12.0. The van der Waals surface area contributed by atoms with Gasteiger partial charge in [0.1, 0.15) is 5.75 Å². The molecule has 0 aliphatic heterocycles. The van der Waals surface area contributed by atoms with E-state index in [4.69, 9.17) is 10.5 Å². The second-order valence-electron chi connectivity index (χ2n) is 4.87. The number of nitrogens with two attached hydrogens (primary N) is 1. The maximum atomic E-state index is 5.66. The van der Waals surface area contributed by atoms with E-state index in [-0.39, 0.29) is 0 Å². The van der Waals surface area contributed by atoms with Crippen LogP contribution in [0.4, 0.5) is 0 Å². The van der Waals surface area contributed by atoms with E-state index in [1.54, 1.807) is 7.11 Å². The van der Waals surface area contributed by atoms with Crippen molar-refractivity contribution in [2.24, 2.45) is 5.73 Å². The molecule has 0 saturated heterocycles. The minimum Gasteiger partial charge on any atom is -0.496 e. The molecule has 0 radical (unpaired) electrons. The first-order valence-electron chi connectivity index (χ1n) is 6.48. The van der Waals surface area contributed by atoms with Crippen molar-refractivity contribution in [3.63, 3.8) is 0 Å². The number of rotatable bonds is 4. The molecule has 1 heterocycles. The molecule has 4 heteroatoms. The molecule has 2 rings (SSSR count). The summed E-state index contributed by atoms with van der Waals surface area (Å²) in [6.07, 6.45) is 0.760. The van der Waals surface area contributed by atoms with Gasteiger partial charge in [0.2, 0.25) is 0 Å². The first kappa shape index (κ1) is 13.6. The largest absolute Gasteiger partial charge is 0.496 e. The number of nitrogens with zero attached hydrogens (tertiary/aromatic N) is 1. The fourth-order valence-corrected chi connectivity index (χ4v) is 2.54. The highest BCUT2D eigenvalue weighted by Crippen LogP contribution is 2.37. The quantitative estimate of drug-likeness (QED) is 0.886. The lowest BCUT2D eigenvalue weighted by molar-refractivity contribution is 0.416. The van der Waals surface area contributed by atoms with Crippen LogP contribution in [0.5, 0.6) is 5.75 Å². The first-order valence-corrected chi connectivity index (χ1v) is 6.48. The summed E-state index contributed by atoms with van der Waals surface area (Å²) in [7, 11) is 1.70. The summed E-state index contributed by atoms with van der Waals surface area (Å²) in [6, 6.07) is 4.22. The highest BCUT2D eigenvalue weighted by molar-refractivity contribution is 5.78. The number of hydrogen-bond acceptors (Lipinski definition) is 3. The van der Waals surface area contributed by atoms with Crippen LogP contribution in [-0.2, 0) is 6.42 Å². The van der Waals surface area contributed by atoms with Crippen molar-refractivity contribution in [1.29, 1.82) is 0 Å². The van der Waals surface area contributed by atoms with Gasteiger partial charge in [-0.05, 0) is 44.5 Å². The van der Waals surface area contributed by atoms with E-state index >= 15 is 0 Å². The lowest BCUT2D eigenvalue weighted by Crippen LogP contribution is -2.05. The topological polar surface area (TPSA) is 63.9 Å². The van der Waals surface area contributed by atoms with Crippen molar-refractivity contribution in [3.05, 3.63) is 34.6 Å². The summed E-state index contributed by atoms with van der Waals surface area (Å²) in [5.41, 5.74) is 12.3. The van der Waals surface area contributed by atoms with Gasteiger partial charge in [-0.1, -0.05) is 6.07 Å². The van der Waals surface area contributed by atoms with Crippen LogP contribution in [0, 0.1) is 20.8 Å². The van der Waals surface area contributed by atoms with Crippen LogP contribution in [0.25, 0.3) is 11.1 Å². The Kier molecular flexibility index (Phi) is 3.90. The normalized spacial score (nSPS) is 10.8. The molecule has 0 unspecified atom stereocenters. The van der Waals surface area contributed by atoms with Crippen LogP contribution in [0.3, 0.4) is 0 Å². The van der Waals surface area contributed by atoms with Gasteiger partial charge >= 0.3 is 0 Å². The van der Waals surface area contributed by atoms with Crippen LogP contribution >= 0.6 is 0 Å². The molecule has 0 aliphatic rings. The number of H-pyrrole nitrogens is 1. The van der Waals surface area contributed by atoms with Gasteiger partial charge in [-0.3, -0.25) is 5.10 Å². The van der Waals surface area contributed by atoms with Gasteiger partial charge in [0.15, 0.2) is 0 Å². The SMILES string of the molecule is COc1cc(C)cc(C)c1-c1c(CCN)n[nH]c1C. The molecule has 0 aliphatic carbocycles. The number of nitrogens with one attached hydrogen (secondary N) is 1. The minimum absolute atomic E-state index is 0.588. The van der Waals surface area contributed by atoms with E-state index in [1.165, 1.54) is 11.1 Å². The van der Waals surface area contributed by atoms with E-state index in [0.717, 1.165) is 34.7 Å². The highest BCUT2D eigenvalue weighted by Gasteiger charge is 2.18. The van der Waals surface area contributed by atoms with Crippen LogP contribution in [-0.4, -0.2) is 23.9 Å². The fraction of sp³-hybridized carbons (Fsp3) is 0.400. The van der Waals surface area contributed by atoms with Gasteiger partial charge in [0, 0.05) is 23.2 Å². The maximum Gasteiger partial charge on any atom is 0.127 e. The summed E-state index contributed by atoms with van der Waals surface area (Å²) in [5.74, 6) is 0.889. The van der Waals surface area contributed by atoms with Crippen molar-refractivity contribution in [1.82, 2.24) is 10.2 Å². The van der Waals surface area contributed by atoms with Gasteiger partial charge in [0.05, 0.1) is 12.8 Å². The number of aryl methyl sites for hydroxylation is 3. The van der Waals surface area contributed by atoms with Crippen LogP contribution in [0.1, 0.15) is 22.5 Å². The Balaban J connectivity index is 2.67. The fourth-order valence-electron chi connectivity index (χ4n) is 2.54. The third kappa shape index (κ3) is 2.49. The molecular weight excluding hydrogens is 238 g/mol. The van der Waals surface area contributed by atoms with Gasteiger partial charge in [-0.25, -0.2) is 0 Å². The monoisotopic (exact) mass is 259 g/mol. The Morgan fingerprint density at radius 1 is 1.21 bits per heavy atom. The molecule has 0 bridgehead atoms. The summed E-state index contributed by atoms with van der Waals surface area (Å²) in [5, 5.41) is 7.41. The summed E-state index contributed by atoms with van der Waals surface area (Å²) in [4.78, 5) is 0. The van der Waals surface area contributed by atoms with E-state index < -0.39 is 0 Å². The van der Waals surface area contributed by atoms with Crippen molar-refractivity contribution in [3.8, 4) is 16.9 Å². The highest BCUT2D eigenvalue weighted by atomic mass is 16.5. The molecule has 0 amide bonds. The molecule has 4 nitrogen and oxygen atoms in total. The molecule has 0 atom stereocenters. The van der Waals surface area contributed by atoms with E-state index in [2.05, 4.69) is 36.2 Å². The smallest absolute Gasteiger partial charge is 0.127 e. The number of aromatic nitrogens is 2. The van der Waals surface area contributed by atoms with Crippen molar-refractivity contribution >= 4 is 0 Å². The second kappa shape index (κ2) is 5.45. The Bertz CT molecular complexity index is 587. The molecule has 0 fully saturated rings. The average Bonchev–Trinajstić information content (AvgIpc) is 2.71. The number of methoxy groups -OCH3 is 1. The maximum absolute atomic E-state index is 5.66. The zero-order chi connectivity index (χ0) is 14.0. The van der Waals surface area contributed by atoms with Crippen molar-refractivity contribution in [2.45, 2.75) is 27.2 Å². The average molecular weight is 259 g/mol. The molecule has 1 aromatic carbocycles. The Morgan fingerprint density at radius 2 is 1.95 bits per heavy atom. The molecule has 3 N–H and O–H groups in total. The number of aromatic amines is 1. The second-order valence-corrected chi connectivity index (χ2v) is 4.87. The Labute approximate surface area is 114 Å². The summed E-state index contributed by atoms with van der Waals surface area (Å²) < 4.78 is 5.55. The number of ether oxygens (including phenoxy) is 1. The molecule has 0 saturated carbocycles. The lowest BCUT2D eigenvalue weighted by Gasteiger charge is -2.14. The van der Waals surface area contributed by atoms with E-state index in [1.807, 2.05) is 6.92 Å². The van der Waals surface area contributed by atoms with Gasteiger partial charge < -0.3 is 10.5 Å². The zero-order valence-electron chi connectivity index (χ0n) is 12.0. The summed E-state index contributed by atoms with van der Waals surface area (Å²) in [6.45, 7) is 6.79. The molecule has 102 valence electrons. The van der Waals surface area contributed by atoms with Crippen LogP contribution in [0.15, 0.2) is 12.1 Å². The first-order chi connectivity index (χ1) is 9.08. The minimum atomic E-state index is 0.588. The molecule has 19 heavy (non-hydrogen) atoms. The predicted molar refractivity (Wildman–Crippen MR) is 77.5 cm³/mol. The molecule has 1 aromatic heterocycles. The van der Waals surface area contributed by atoms with Crippen molar-refractivity contribution in [2.75, 3.05) is 13.7 Å². The molecule has 2 aromatic rings. The molecular formula is C15H21N3O. The van der Waals surface area contributed by atoms with Gasteiger partial charge in [-0.15, -0.1) is 0 Å². The van der Waals surface area contributed by atoms with Gasteiger partial charge in [0.25, 0.3) is 0 Å². The third-order valence-electron chi connectivity index (χ3n) is 3.32. The molecule has 0 spiro atoms. The van der Waals surface area contributed by atoms with Crippen molar-refractivity contribution < 1.29 is 4.74 Å². The summed E-state index contributed by atoms with van der Waals surface area (Å²) >= 11 is 0.